The lowest BCUT2D eigenvalue weighted by atomic mass is 10.2. The van der Waals surface area contributed by atoms with Gasteiger partial charge in [0.2, 0.25) is 0 Å². The molecule has 0 saturated heterocycles. The van der Waals surface area contributed by atoms with Crippen molar-refractivity contribution in [1.82, 2.24) is 0 Å². The Morgan fingerprint density at radius 3 is 2.43 bits per heavy atom. The minimum absolute atomic E-state index is 0.0690. The lowest BCUT2D eigenvalue weighted by Gasteiger charge is -2.12. The zero-order valence-electron chi connectivity index (χ0n) is 10.9. The van der Waals surface area contributed by atoms with Crippen molar-refractivity contribution in [3.05, 3.63) is 48.0 Å². The van der Waals surface area contributed by atoms with Crippen molar-refractivity contribution in [3.8, 4) is 5.75 Å². The molecule has 0 aliphatic rings. The molecule has 0 aromatic heterocycles. The number of rotatable bonds is 4. The summed E-state index contributed by atoms with van der Waals surface area (Å²) < 4.78 is 57.6. The van der Waals surface area contributed by atoms with E-state index in [9.17, 15) is 17.2 Å². The molecule has 0 aliphatic heterocycles. The number of nitrogens with two attached hydrogens (primary N) is 1. The second kappa shape index (κ2) is 5.57. The van der Waals surface area contributed by atoms with E-state index in [0.29, 0.717) is 11.8 Å². The molecule has 0 atom stereocenters. The van der Waals surface area contributed by atoms with Crippen molar-refractivity contribution in [3.63, 3.8) is 0 Å². The Hall–Kier alpha value is -2.35. The number of anilines is 2. The Morgan fingerprint density at radius 1 is 1.14 bits per heavy atom. The number of sulfonamides is 1. The second-order valence-electron chi connectivity index (χ2n) is 4.13. The third kappa shape index (κ3) is 3.22. The Balaban J connectivity index is 2.37. The van der Waals surface area contributed by atoms with E-state index in [-0.39, 0.29) is 11.4 Å². The molecular weight excluding hydrogens is 302 g/mol. The molecule has 2 aromatic rings. The van der Waals surface area contributed by atoms with Crippen LogP contribution in [0.1, 0.15) is 0 Å². The van der Waals surface area contributed by atoms with Gasteiger partial charge in [-0.3, -0.25) is 4.72 Å². The average Bonchev–Trinajstić information content (AvgIpc) is 2.40. The van der Waals surface area contributed by atoms with Gasteiger partial charge in [0.15, 0.2) is 0 Å². The van der Waals surface area contributed by atoms with Gasteiger partial charge < -0.3 is 10.5 Å². The van der Waals surface area contributed by atoms with Gasteiger partial charge in [0, 0.05) is 12.1 Å². The number of methoxy groups -OCH3 is 1. The minimum Gasteiger partial charge on any atom is -0.497 e. The summed E-state index contributed by atoms with van der Waals surface area (Å²) in [4.78, 5) is -0.667. The van der Waals surface area contributed by atoms with Gasteiger partial charge in [-0.15, -0.1) is 0 Å². The third-order valence-electron chi connectivity index (χ3n) is 2.69. The monoisotopic (exact) mass is 314 g/mol. The fourth-order valence-corrected chi connectivity index (χ4v) is 2.80. The zero-order valence-corrected chi connectivity index (χ0v) is 11.7. The van der Waals surface area contributed by atoms with Crippen molar-refractivity contribution >= 4 is 21.4 Å². The van der Waals surface area contributed by atoms with Crippen LogP contribution in [0.2, 0.25) is 0 Å². The maximum atomic E-state index is 13.6. The first-order valence-corrected chi connectivity index (χ1v) is 7.23. The quantitative estimate of drug-likeness (QED) is 0.849. The smallest absolute Gasteiger partial charge is 0.264 e. The number of hydrogen-bond donors (Lipinski definition) is 2. The molecule has 112 valence electrons. The lowest BCUT2D eigenvalue weighted by Crippen LogP contribution is -2.15. The van der Waals surface area contributed by atoms with Gasteiger partial charge in [0.05, 0.1) is 18.5 Å². The summed E-state index contributed by atoms with van der Waals surface area (Å²) in [7, 11) is -2.78. The number of ether oxygens (including phenoxy) is 1. The van der Waals surface area contributed by atoms with Gasteiger partial charge >= 0.3 is 0 Å². The molecule has 0 fully saturated rings. The van der Waals surface area contributed by atoms with E-state index in [1.54, 1.807) is 0 Å². The largest absolute Gasteiger partial charge is 0.497 e. The Bertz CT molecular complexity index is 779. The summed E-state index contributed by atoms with van der Waals surface area (Å²) >= 11 is 0. The number of benzene rings is 2. The van der Waals surface area contributed by atoms with Gasteiger partial charge in [-0.2, -0.15) is 0 Å². The van der Waals surface area contributed by atoms with Gasteiger partial charge in [-0.1, -0.05) is 0 Å². The highest BCUT2D eigenvalue weighted by Gasteiger charge is 2.20. The van der Waals surface area contributed by atoms with Crippen LogP contribution in [0.4, 0.5) is 20.2 Å². The molecule has 2 rings (SSSR count). The number of nitrogen functional groups attached to an aromatic ring is 1. The van der Waals surface area contributed by atoms with Crippen LogP contribution < -0.4 is 15.2 Å². The summed E-state index contributed by atoms with van der Waals surface area (Å²) in [6, 6.07) is 6.48. The maximum Gasteiger partial charge on any atom is 0.264 e. The van der Waals surface area contributed by atoms with Crippen LogP contribution in [0.25, 0.3) is 0 Å². The number of nitrogens with one attached hydrogen (secondary N) is 1. The standard InChI is InChI=1S/C13H12F2N2O3S/c1-20-9-3-4-12(11(16)7-9)17-21(18,19)13-5-2-8(14)6-10(13)15/h2-7,17H,16H2,1H3. The van der Waals surface area contributed by atoms with Gasteiger partial charge in [0.25, 0.3) is 10.0 Å². The van der Waals surface area contributed by atoms with Crippen molar-refractivity contribution in [1.29, 1.82) is 0 Å². The van der Waals surface area contributed by atoms with Gasteiger partial charge in [-0.05, 0) is 24.3 Å². The molecule has 0 heterocycles. The Morgan fingerprint density at radius 2 is 1.86 bits per heavy atom. The molecule has 5 nitrogen and oxygen atoms in total. The van der Waals surface area contributed by atoms with Gasteiger partial charge in [0.1, 0.15) is 22.3 Å². The van der Waals surface area contributed by atoms with Crippen LogP contribution in [0.15, 0.2) is 41.3 Å². The molecule has 2 aromatic carbocycles. The molecule has 0 aliphatic carbocycles. The molecule has 0 amide bonds. The summed E-state index contributed by atoms with van der Waals surface area (Å²) in [6.07, 6.45) is 0. The van der Waals surface area contributed by atoms with E-state index in [4.69, 9.17) is 10.5 Å². The van der Waals surface area contributed by atoms with E-state index >= 15 is 0 Å². The predicted octanol–water partition coefficient (Wildman–Crippen LogP) is 2.36. The highest BCUT2D eigenvalue weighted by atomic mass is 32.2. The average molecular weight is 314 g/mol. The molecule has 0 spiro atoms. The molecule has 0 radical (unpaired) electrons. The number of hydrogen-bond acceptors (Lipinski definition) is 4. The van der Waals surface area contributed by atoms with Crippen LogP contribution in [0.5, 0.6) is 5.75 Å². The first kappa shape index (κ1) is 15.0. The van der Waals surface area contributed by atoms with Crippen LogP contribution in [-0.2, 0) is 10.0 Å². The Labute approximate surface area is 120 Å². The summed E-state index contributed by atoms with van der Waals surface area (Å²) in [5.74, 6) is -1.60. The third-order valence-corrected chi connectivity index (χ3v) is 4.09. The Kier molecular flexibility index (Phi) is 3.99. The topological polar surface area (TPSA) is 81.4 Å². The molecule has 0 unspecified atom stereocenters. The van der Waals surface area contributed by atoms with Crippen molar-refractivity contribution < 1.29 is 21.9 Å². The second-order valence-corrected chi connectivity index (χ2v) is 5.78. The van der Waals surface area contributed by atoms with Crippen molar-refractivity contribution in [2.24, 2.45) is 0 Å². The number of halogens is 2. The van der Waals surface area contributed by atoms with E-state index in [1.165, 1.54) is 25.3 Å². The zero-order chi connectivity index (χ0) is 15.6. The molecule has 0 saturated carbocycles. The van der Waals surface area contributed by atoms with Crippen molar-refractivity contribution in [2.75, 3.05) is 17.6 Å². The lowest BCUT2D eigenvalue weighted by molar-refractivity contribution is 0.415. The van der Waals surface area contributed by atoms with E-state index in [1.807, 2.05) is 0 Å². The summed E-state index contributed by atoms with van der Waals surface area (Å²) in [5.41, 5.74) is 5.86. The van der Waals surface area contributed by atoms with Crippen LogP contribution in [-0.4, -0.2) is 15.5 Å². The fraction of sp³-hybridized carbons (Fsp3) is 0.0769. The fourth-order valence-electron chi connectivity index (χ4n) is 1.65. The van der Waals surface area contributed by atoms with Crippen molar-refractivity contribution in [2.45, 2.75) is 4.90 Å². The van der Waals surface area contributed by atoms with Crippen LogP contribution in [0, 0.1) is 11.6 Å². The van der Waals surface area contributed by atoms with Crippen LogP contribution >= 0.6 is 0 Å². The predicted molar refractivity (Wildman–Crippen MR) is 74.6 cm³/mol. The SMILES string of the molecule is COc1ccc(NS(=O)(=O)c2ccc(F)cc2F)c(N)c1. The molecule has 8 heteroatoms. The minimum atomic E-state index is -4.22. The summed E-state index contributed by atoms with van der Waals surface area (Å²) in [6.45, 7) is 0. The van der Waals surface area contributed by atoms with E-state index < -0.39 is 26.6 Å². The van der Waals surface area contributed by atoms with Crippen LogP contribution in [0.3, 0.4) is 0 Å². The maximum absolute atomic E-state index is 13.6. The van der Waals surface area contributed by atoms with Gasteiger partial charge in [-0.25, -0.2) is 17.2 Å². The molecular formula is C13H12F2N2O3S. The first-order chi connectivity index (χ1) is 9.83. The molecule has 0 bridgehead atoms. The van der Waals surface area contributed by atoms with E-state index in [2.05, 4.69) is 4.72 Å². The first-order valence-electron chi connectivity index (χ1n) is 5.75. The highest BCUT2D eigenvalue weighted by Crippen LogP contribution is 2.27. The molecule has 21 heavy (non-hydrogen) atoms. The highest BCUT2D eigenvalue weighted by molar-refractivity contribution is 7.92. The normalized spacial score (nSPS) is 11.2. The van der Waals surface area contributed by atoms with E-state index in [0.717, 1.165) is 12.1 Å². The molecule has 3 N–H and O–H groups in total. The summed E-state index contributed by atoms with van der Waals surface area (Å²) in [5, 5.41) is 0.